The highest BCUT2D eigenvalue weighted by Crippen LogP contribution is 2.67. The van der Waals surface area contributed by atoms with Gasteiger partial charge in [-0.1, -0.05) is 65.5 Å². The highest BCUT2D eigenvalue weighted by molar-refractivity contribution is 5.70. The Hall–Kier alpha value is -4.94. The lowest BCUT2D eigenvalue weighted by Crippen LogP contribution is -2.68. The van der Waals surface area contributed by atoms with Crippen molar-refractivity contribution in [1.29, 1.82) is 0 Å². The first-order valence-corrected chi connectivity index (χ1v) is 29.4. The van der Waals surface area contributed by atoms with E-state index in [9.17, 15) is 38.4 Å². The molecule has 23 nitrogen and oxygen atoms in total. The van der Waals surface area contributed by atoms with Gasteiger partial charge in [-0.05, 0) is 91.3 Å². The lowest BCUT2D eigenvalue weighted by Gasteiger charge is -2.58. The number of hydrogen-bond donors (Lipinski definition) is 2. The number of alkyl carbamates (subject to hydrolysis) is 1. The van der Waals surface area contributed by atoms with E-state index in [-0.39, 0.29) is 44.6 Å². The predicted molar refractivity (Wildman–Crippen MR) is 289 cm³/mol. The van der Waals surface area contributed by atoms with Crippen molar-refractivity contribution in [2.24, 2.45) is 46.3 Å². The van der Waals surface area contributed by atoms with Crippen LogP contribution in [0.1, 0.15) is 154 Å². The first-order valence-electron chi connectivity index (χ1n) is 29.4. The molecule has 464 valence electrons. The average molecular weight is 1170 g/mol. The average Bonchev–Trinajstić information content (AvgIpc) is 2.55. The van der Waals surface area contributed by atoms with Gasteiger partial charge in [0.15, 0.2) is 36.8 Å². The van der Waals surface area contributed by atoms with Crippen LogP contribution in [0.25, 0.3) is 0 Å². The molecule has 5 fully saturated rings. The van der Waals surface area contributed by atoms with Gasteiger partial charge in [-0.15, -0.1) is 0 Å². The second-order valence-corrected chi connectivity index (χ2v) is 24.1. The molecule has 2 N–H and O–H groups in total. The maximum Gasteiger partial charge on any atom is 0.407 e. The number of fused-ring (bicyclic) bond motifs is 5. The summed E-state index contributed by atoms with van der Waals surface area (Å²) >= 11 is 0. The van der Waals surface area contributed by atoms with Crippen molar-refractivity contribution in [1.82, 2.24) is 10.6 Å². The minimum absolute atomic E-state index is 0.0195. The van der Waals surface area contributed by atoms with Crippen LogP contribution < -0.4 is 10.6 Å². The smallest absolute Gasteiger partial charge is 0.407 e. The molecule has 0 bridgehead atoms. The molecule has 3 saturated carbocycles. The van der Waals surface area contributed by atoms with E-state index in [1.54, 1.807) is 0 Å². The van der Waals surface area contributed by atoms with E-state index in [4.69, 9.17) is 61.6 Å². The van der Waals surface area contributed by atoms with Crippen molar-refractivity contribution in [3.05, 3.63) is 11.6 Å². The summed E-state index contributed by atoms with van der Waals surface area (Å²) in [5, 5.41) is 5.80. The number of carbonyl (C=O) groups excluding carboxylic acids is 8. The third kappa shape index (κ3) is 17.6. The Kier molecular flexibility index (Phi) is 24.4. The largest absolute Gasteiger partial charge is 0.463 e. The Bertz CT molecular complexity index is 2240. The van der Waals surface area contributed by atoms with Crippen LogP contribution in [-0.2, 0) is 95.1 Å². The Morgan fingerprint density at radius 3 is 1.78 bits per heavy atom. The van der Waals surface area contributed by atoms with Crippen LogP contribution in [0.2, 0.25) is 0 Å². The van der Waals surface area contributed by atoms with E-state index >= 15 is 0 Å². The van der Waals surface area contributed by atoms with Gasteiger partial charge in [-0.2, -0.15) is 0 Å². The number of rotatable bonds is 26. The summed E-state index contributed by atoms with van der Waals surface area (Å²) in [6.07, 6.45) is -0.721. The maximum atomic E-state index is 13.1. The van der Waals surface area contributed by atoms with E-state index in [1.165, 1.54) is 50.5 Å². The molecule has 0 aromatic carbocycles. The van der Waals surface area contributed by atoms with Crippen LogP contribution in [-0.4, -0.2) is 162 Å². The number of amides is 1. The van der Waals surface area contributed by atoms with Crippen LogP contribution in [0.15, 0.2) is 11.6 Å². The van der Waals surface area contributed by atoms with Gasteiger partial charge >= 0.3 is 47.9 Å². The third-order valence-corrected chi connectivity index (χ3v) is 17.7. The number of nitrogens with one attached hydrogen (secondary N) is 2. The van der Waals surface area contributed by atoms with Crippen molar-refractivity contribution in [2.45, 2.75) is 221 Å². The van der Waals surface area contributed by atoms with Gasteiger partial charge in [0.2, 0.25) is 0 Å². The topological polar surface area (TPSA) is 281 Å². The number of ether oxygens (including phenoxy) is 13. The molecule has 0 aromatic rings. The second-order valence-electron chi connectivity index (χ2n) is 24.1. The molecule has 12 unspecified atom stereocenters. The van der Waals surface area contributed by atoms with E-state index in [2.05, 4.69) is 51.3 Å². The van der Waals surface area contributed by atoms with Gasteiger partial charge in [-0.25, -0.2) is 4.79 Å². The summed E-state index contributed by atoms with van der Waals surface area (Å²) in [5.41, 5.74) is 2.01. The van der Waals surface area contributed by atoms with Crippen LogP contribution in [0, 0.1) is 46.3 Å². The highest BCUT2D eigenvalue weighted by atomic mass is 16.8. The van der Waals surface area contributed by atoms with Gasteiger partial charge in [0.25, 0.3) is 0 Å². The fourth-order valence-electron chi connectivity index (χ4n) is 14.3. The van der Waals surface area contributed by atoms with E-state index in [0.717, 1.165) is 104 Å². The zero-order chi connectivity index (χ0) is 60.1. The molecule has 0 radical (unpaired) electrons. The Labute approximate surface area is 482 Å². The zero-order valence-electron chi connectivity index (χ0n) is 50.2. The Morgan fingerprint density at radius 1 is 0.610 bits per heavy atom. The fraction of sp³-hybridized carbons (Fsp3) is 0.831. The molecule has 2 heterocycles. The highest BCUT2D eigenvalue weighted by Gasteiger charge is 2.60. The molecular weight excluding hydrogens is 1070 g/mol. The summed E-state index contributed by atoms with van der Waals surface area (Å²) in [7, 11) is 0. The van der Waals surface area contributed by atoms with Crippen LogP contribution in [0.4, 0.5) is 4.79 Å². The molecule has 18 atom stereocenters. The summed E-state index contributed by atoms with van der Waals surface area (Å²) in [6, 6.07) is 0. The van der Waals surface area contributed by atoms with Crippen molar-refractivity contribution < 1.29 is 99.9 Å². The first-order chi connectivity index (χ1) is 38.8. The summed E-state index contributed by atoms with van der Waals surface area (Å²) in [4.78, 5) is 100. The first kappa shape index (κ1) is 66.2. The molecule has 6 rings (SSSR count). The number of esters is 7. The standard InChI is InChI=1S/C59H92N2O21/c1-32(2)14-13-15-33(3)44-18-19-45-43-17-16-41-28-42(20-22-58(41,11)46(43)21-23-59(44,45)12)79-57(69)60-24-25-70-26-27-71-31-61-55-53(51(76-38(8)66)49(74-36(6)64)47(80-55)29-72-34(4)62)82-56-54(78-40(10)68)52(77-39(9)67)50(75-37(7)65)48(81-56)30-73-35(5)63/h16,32-33,42-56,61H,13-15,17-31H2,1-12H3,(H,60,69)/t33?,42?,43?,44?,45?,46?,47?,48?,49-,50-,51?,52?,53?,54?,55-,56-,58+,59-/m1/s1. The third-order valence-electron chi connectivity index (χ3n) is 17.7. The van der Waals surface area contributed by atoms with Gasteiger partial charge in [-0.3, -0.25) is 38.9 Å². The minimum Gasteiger partial charge on any atom is -0.463 e. The molecule has 6 aliphatic rings. The zero-order valence-corrected chi connectivity index (χ0v) is 50.2. The van der Waals surface area contributed by atoms with E-state index in [0.29, 0.717) is 11.3 Å². The van der Waals surface area contributed by atoms with Crippen molar-refractivity contribution in [3.63, 3.8) is 0 Å². The van der Waals surface area contributed by atoms with Gasteiger partial charge < -0.3 is 66.9 Å². The van der Waals surface area contributed by atoms with E-state index in [1.807, 2.05) is 0 Å². The van der Waals surface area contributed by atoms with E-state index < -0.39 is 122 Å². The summed E-state index contributed by atoms with van der Waals surface area (Å²) in [5.74, 6) is -1.36. The molecule has 23 heteroatoms. The monoisotopic (exact) mass is 1160 g/mol. The maximum absolute atomic E-state index is 13.1. The van der Waals surface area contributed by atoms with Gasteiger partial charge in [0.05, 0.1) is 26.6 Å². The molecule has 2 saturated heterocycles. The van der Waals surface area contributed by atoms with Gasteiger partial charge in [0.1, 0.15) is 43.9 Å². The second kappa shape index (κ2) is 30.2. The molecule has 0 spiro atoms. The lowest BCUT2D eigenvalue weighted by molar-refractivity contribution is -0.347. The number of carbonyl (C=O) groups is 8. The van der Waals surface area contributed by atoms with Crippen LogP contribution in [0.5, 0.6) is 0 Å². The molecule has 82 heavy (non-hydrogen) atoms. The fourth-order valence-corrected chi connectivity index (χ4v) is 14.3. The molecule has 4 aliphatic carbocycles. The van der Waals surface area contributed by atoms with Crippen LogP contribution >= 0.6 is 0 Å². The van der Waals surface area contributed by atoms with Crippen LogP contribution in [0.3, 0.4) is 0 Å². The molecule has 0 aromatic heterocycles. The molecule has 1 amide bonds. The van der Waals surface area contributed by atoms with Crippen molar-refractivity contribution in [3.8, 4) is 0 Å². The lowest BCUT2D eigenvalue weighted by atomic mass is 9.47. The summed E-state index contributed by atoms with van der Waals surface area (Å²) < 4.78 is 74.9. The minimum atomic E-state index is -1.81. The van der Waals surface area contributed by atoms with Gasteiger partial charge in [0, 0.05) is 61.4 Å². The normalized spacial score (nSPS) is 34.3. The summed E-state index contributed by atoms with van der Waals surface area (Å²) in [6.45, 7) is 18.9. The quantitative estimate of drug-likeness (QED) is 0.0315. The number of hydrogen-bond acceptors (Lipinski definition) is 22. The number of allylic oxidation sites excluding steroid dienone is 1. The molecule has 2 aliphatic heterocycles. The SMILES string of the molecule is CC(=O)OCC1O[C@H](OC2C(OC(C)=O)[C@H](OC(C)=O)C(COC(C)=O)O[C@H]2NCOCCOCCNC(=O)OC2CC[C@@]3(C)C(=CCC4C5CCC(C(C)CCCC(C)C)[C@@]5(C)CCC43)C2)C(OC(C)=O)C(OC(C)=O)[C@@H]1OC(C)=O. The van der Waals surface area contributed by atoms with Crippen molar-refractivity contribution >= 4 is 47.9 Å². The Balaban J connectivity index is 1.04. The predicted octanol–water partition coefficient (Wildman–Crippen LogP) is 6.32. The molecular formula is C59H92N2O21. The van der Waals surface area contributed by atoms with Crippen molar-refractivity contribution in [2.75, 3.05) is 46.3 Å². The Morgan fingerprint density at radius 2 is 1.18 bits per heavy atom.